The second kappa shape index (κ2) is 20.4. The lowest BCUT2D eigenvalue weighted by atomic mass is 10.0. The van der Waals surface area contributed by atoms with E-state index < -0.39 is 0 Å². The van der Waals surface area contributed by atoms with E-state index in [0.717, 1.165) is 12.4 Å². The molecule has 1 aromatic rings. The van der Waals surface area contributed by atoms with Gasteiger partial charge in [0.05, 0.1) is 6.61 Å². The standard InChI is InChI=1S/C26H47NO.ClH/c1-4-5-6-7-8-9-10-11-12-13-14-15-16-17-18-19-24-28-26-22-20-25(21-23-26)27(2)3;/h20-23H,4-19,24H2,1-3H3;1H. The summed E-state index contributed by atoms with van der Waals surface area (Å²) >= 11 is 0. The van der Waals surface area contributed by atoms with Gasteiger partial charge >= 0.3 is 0 Å². The van der Waals surface area contributed by atoms with Crippen LogP contribution in [0, 0.1) is 0 Å². The Bertz CT molecular complexity index is 447. The maximum absolute atomic E-state index is 5.84. The molecule has 0 amide bonds. The average Bonchev–Trinajstić information content (AvgIpc) is 2.70. The number of hydrogen-bond donors (Lipinski definition) is 0. The van der Waals surface area contributed by atoms with Crippen molar-refractivity contribution in [2.45, 2.75) is 110 Å². The quantitative estimate of drug-likeness (QED) is 0.205. The van der Waals surface area contributed by atoms with Gasteiger partial charge in [-0.15, -0.1) is 12.4 Å². The highest BCUT2D eigenvalue weighted by molar-refractivity contribution is 5.85. The van der Waals surface area contributed by atoms with Crippen molar-refractivity contribution in [1.82, 2.24) is 0 Å². The lowest BCUT2D eigenvalue weighted by Gasteiger charge is -2.13. The maximum atomic E-state index is 5.84. The van der Waals surface area contributed by atoms with Crippen molar-refractivity contribution in [3.8, 4) is 5.75 Å². The van der Waals surface area contributed by atoms with Crippen LogP contribution in [0.25, 0.3) is 0 Å². The molecule has 0 atom stereocenters. The lowest BCUT2D eigenvalue weighted by Crippen LogP contribution is -2.08. The van der Waals surface area contributed by atoms with Crippen molar-refractivity contribution in [3.63, 3.8) is 0 Å². The molecule has 0 N–H and O–H groups in total. The largest absolute Gasteiger partial charge is 0.494 e. The fourth-order valence-electron chi connectivity index (χ4n) is 3.68. The van der Waals surface area contributed by atoms with Crippen LogP contribution >= 0.6 is 12.4 Å². The summed E-state index contributed by atoms with van der Waals surface area (Å²) in [5, 5.41) is 0. The van der Waals surface area contributed by atoms with Crippen molar-refractivity contribution in [2.75, 3.05) is 25.6 Å². The predicted octanol–water partition coefficient (Wildman–Crippen LogP) is 8.81. The zero-order chi connectivity index (χ0) is 20.3. The summed E-state index contributed by atoms with van der Waals surface area (Å²) in [7, 11) is 4.12. The number of hydrogen-bond acceptors (Lipinski definition) is 2. The molecule has 0 unspecified atom stereocenters. The Morgan fingerprint density at radius 3 is 1.34 bits per heavy atom. The molecule has 29 heavy (non-hydrogen) atoms. The molecule has 170 valence electrons. The molecule has 0 saturated carbocycles. The summed E-state index contributed by atoms with van der Waals surface area (Å²) in [6, 6.07) is 8.37. The van der Waals surface area contributed by atoms with E-state index in [4.69, 9.17) is 4.74 Å². The van der Waals surface area contributed by atoms with E-state index >= 15 is 0 Å². The van der Waals surface area contributed by atoms with Crippen LogP contribution in [0.2, 0.25) is 0 Å². The Labute approximate surface area is 188 Å². The molecule has 0 aliphatic heterocycles. The zero-order valence-electron chi connectivity index (χ0n) is 19.6. The summed E-state index contributed by atoms with van der Waals surface area (Å²) in [5.41, 5.74) is 1.22. The lowest BCUT2D eigenvalue weighted by molar-refractivity contribution is 0.304. The topological polar surface area (TPSA) is 12.5 Å². The maximum Gasteiger partial charge on any atom is 0.119 e. The third-order valence-electron chi connectivity index (χ3n) is 5.62. The fourth-order valence-corrected chi connectivity index (χ4v) is 3.68. The minimum Gasteiger partial charge on any atom is -0.494 e. The van der Waals surface area contributed by atoms with Gasteiger partial charge in [-0.25, -0.2) is 0 Å². The van der Waals surface area contributed by atoms with Crippen molar-refractivity contribution in [3.05, 3.63) is 24.3 Å². The van der Waals surface area contributed by atoms with Gasteiger partial charge in [0.25, 0.3) is 0 Å². The predicted molar refractivity (Wildman–Crippen MR) is 133 cm³/mol. The first-order chi connectivity index (χ1) is 13.7. The van der Waals surface area contributed by atoms with Crippen LogP contribution in [-0.4, -0.2) is 20.7 Å². The number of benzene rings is 1. The van der Waals surface area contributed by atoms with Crippen LogP contribution < -0.4 is 9.64 Å². The van der Waals surface area contributed by atoms with Gasteiger partial charge in [-0.05, 0) is 30.7 Å². The van der Waals surface area contributed by atoms with Crippen LogP contribution in [-0.2, 0) is 0 Å². The Morgan fingerprint density at radius 1 is 0.586 bits per heavy atom. The second-order valence-electron chi connectivity index (χ2n) is 8.54. The van der Waals surface area contributed by atoms with Gasteiger partial charge in [0.15, 0.2) is 0 Å². The van der Waals surface area contributed by atoms with Gasteiger partial charge in [-0.1, -0.05) is 103 Å². The molecule has 0 saturated heterocycles. The van der Waals surface area contributed by atoms with Crippen LogP contribution in [0.15, 0.2) is 24.3 Å². The van der Waals surface area contributed by atoms with Crippen molar-refractivity contribution >= 4 is 18.1 Å². The molecule has 0 spiro atoms. The number of unbranched alkanes of at least 4 members (excludes halogenated alkanes) is 15. The van der Waals surface area contributed by atoms with Gasteiger partial charge in [0.2, 0.25) is 0 Å². The molecular weight excluding hydrogens is 378 g/mol. The van der Waals surface area contributed by atoms with Crippen LogP contribution in [0.4, 0.5) is 5.69 Å². The highest BCUT2D eigenvalue weighted by Crippen LogP contribution is 2.18. The number of rotatable bonds is 19. The number of nitrogens with zero attached hydrogens (tertiary/aromatic N) is 1. The Hall–Kier alpha value is -0.890. The molecule has 2 nitrogen and oxygen atoms in total. The number of anilines is 1. The highest BCUT2D eigenvalue weighted by Gasteiger charge is 1.98. The van der Waals surface area contributed by atoms with E-state index in [1.807, 2.05) is 0 Å². The minimum atomic E-state index is 0. The summed E-state index contributed by atoms with van der Waals surface area (Å²) in [6.07, 6.45) is 22.5. The molecule has 3 heteroatoms. The SMILES string of the molecule is CCCCCCCCCCCCCCCCCCOc1ccc(N(C)C)cc1.Cl. The summed E-state index contributed by atoms with van der Waals surface area (Å²) in [6.45, 7) is 3.14. The van der Waals surface area contributed by atoms with E-state index in [9.17, 15) is 0 Å². The smallest absolute Gasteiger partial charge is 0.119 e. The van der Waals surface area contributed by atoms with E-state index in [0.29, 0.717) is 0 Å². The third kappa shape index (κ3) is 16.6. The molecule has 0 fully saturated rings. The zero-order valence-corrected chi connectivity index (χ0v) is 20.4. The molecule has 0 radical (unpaired) electrons. The summed E-state index contributed by atoms with van der Waals surface area (Å²) in [4.78, 5) is 2.11. The van der Waals surface area contributed by atoms with Crippen LogP contribution in [0.5, 0.6) is 5.75 Å². The van der Waals surface area contributed by atoms with E-state index in [2.05, 4.69) is 50.2 Å². The first-order valence-corrected chi connectivity index (χ1v) is 12.1. The Balaban J connectivity index is 0.00000784. The highest BCUT2D eigenvalue weighted by atomic mass is 35.5. The van der Waals surface area contributed by atoms with Crippen molar-refractivity contribution < 1.29 is 4.74 Å². The molecule has 0 aromatic heterocycles. The van der Waals surface area contributed by atoms with E-state index in [1.54, 1.807) is 0 Å². The second-order valence-corrected chi connectivity index (χ2v) is 8.54. The number of ether oxygens (including phenoxy) is 1. The van der Waals surface area contributed by atoms with Crippen molar-refractivity contribution in [1.29, 1.82) is 0 Å². The van der Waals surface area contributed by atoms with Crippen LogP contribution in [0.1, 0.15) is 110 Å². The first kappa shape index (κ1) is 28.1. The molecule has 0 bridgehead atoms. The van der Waals surface area contributed by atoms with Crippen molar-refractivity contribution in [2.24, 2.45) is 0 Å². The summed E-state index contributed by atoms with van der Waals surface area (Å²) < 4.78 is 5.84. The van der Waals surface area contributed by atoms with Crippen LogP contribution in [0.3, 0.4) is 0 Å². The normalized spacial score (nSPS) is 10.6. The fraction of sp³-hybridized carbons (Fsp3) is 0.769. The van der Waals surface area contributed by atoms with Gasteiger partial charge in [-0.3, -0.25) is 0 Å². The average molecular weight is 426 g/mol. The summed E-state index contributed by atoms with van der Waals surface area (Å²) in [5.74, 6) is 0.992. The van der Waals surface area contributed by atoms with E-state index in [1.165, 1.54) is 108 Å². The number of halogens is 1. The third-order valence-corrected chi connectivity index (χ3v) is 5.62. The Morgan fingerprint density at radius 2 is 0.966 bits per heavy atom. The van der Waals surface area contributed by atoms with Gasteiger partial charge in [0, 0.05) is 19.8 Å². The molecule has 1 aromatic carbocycles. The molecule has 0 aliphatic rings. The minimum absolute atomic E-state index is 0. The van der Waals surface area contributed by atoms with Gasteiger partial charge < -0.3 is 9.64 Å². The molecule has 0 heterocycles. The van der Waals surface area contributed by atoms with Gasteiger partial charge in [-0.2, -0.15) is 0 Å². The van der Waals surface area contributed by atoms with Gasteiger partial charge in [0.1, 0.15) is 5.75 Å². The van der Waals surface area contributed by atoms with E-state index in [-0.39, 0.29) is 12.4 Å². The Kier molecular flexibility index (Phi) is 19.8. The molecular formula is C26H48ClNO. The molecule has 0 aliphatic carbocycles. The monoisotopic (exact) mass is 425 g/mol. The molecule has 1 rings (SSSR count). The first-order valence-electron chi connectivity index (χ1n) is 12.1.